The van der Waals surface area contributed by atoms with Gasteiger partial charge in [0.2, 0.25) is 17.5 Å². The van der Waals surface area contributed by atoms with E-state index in [9.17, 15) is 0 Å². The lowest BCUT2D eigenvalue weighted by Gasteiger charge is -2.28. The summed E-state index contributed by atoms with van der Waals surface area (Å²) >= 11 is 0. The first kappa shape index (κ1) is 30.5. The highest BCUT2D eigenvalue weighted by Gasteiger charge is 2.76. The Bertz CT molecular complexity index is 1630. The minimum absolute atomic E-state index is 0.0433. The first-order valence-corrected chi connectivity index (χ1v) is 16.9. The van der Waals surface area contributed by atoms with Crippen LogP contribution in [0.2, 0.25) is 0 Å². The Morgan fingerprint density at radius 3 is 2.39 bits per heavy atom. The molecule has 2 aromatic carbocycles. The number of hydrogen-bond acceptors (Lipinski definition) is 3. The van der Waals surface area contributed by atoms with Gasteiger partial charge >= 0.3 is 0 Å². The van der Waals surface area contributed by atoms with E-state index >= 15 is 0 Å². The summed E-state index contributed by atoms with van der Waals surface area (Å²) in [5, 5.41) is 8.96. The second kappa shape index (κ2) is 11.8. The molecule has 1 aliphatic heterocycles. The third-order valence-electron chi connectivity index (χ3n) is 10.7. The fraction of sp³-hybridized carbons (Fsp3) is 0.475. The van der Waals surface area contributed by atoms with Crippen LogP contribution in [0, 0.1) is 11.8 Å². The molecule has 0 radical (unpaired) electrons. The SMILES string of the molecule is C=CC12CC1(CCC)c1ccc(-c3nnc(-c4ccc(C(C)(C)CCCC(C)CCC(C)C)cc4)o3)cc1-c1cccc[n+]12. The van der Waals surface area contributed by atoms with Gasteiger partial charge in [0.05, 0.1) is 11.0 Å². The number of aromatic nitrogens is 3. The molecule has 1 saturated carbocycles. The summed E-state index contributed by atoms with van der Waals surface area (Å²) in [6, 6.07) is 21.9. The minimum Gasteiger partial charge on any atom is -0.416 e. The lowest BCUT2D eigenvalue weighted by atomic mass is 9.79. The Morgan fingerprint density at radius 1 is 0.955 bits per heavy atom. The normalized spacial score (nSPS) is 21.0. The van der Waals surface area contributed by atoms with Gasteiger partial charge in [0.25, 0.3) is 0 Å². The summed E-state index contributed by atoms with van der Waals surface area (Å²) in [4.78, 5) is 0. The Labute approximate surface area is 264 Å². The van der Waals surface area contributed by atoms with Crippen molar-refractivity contribution in [3.63, 3.8) is 0 Å². The van der Waals surface area contributed by atoms with Gasteiger partial charge in [-0.3, -0.25) is 0 Å². The predicted octanol–water partition coefficient (Wildman–Crippen LogP) is 10.2. The van der Waals surface area contributed by atoms with E-state index in [1.165, 1.54) is 54.5 Å². The van der Waals surface area contributed by atoms with E-state index in [1.807, 2.05) is 0 Å². The summed E-state index contributed by atoms with van der Waals surface area (Å²) in [5.41, 5.74) is 7.35. The van der Waals surface area contributed by atoms with Gasteiger partial charge in [0.15, 0.2) is 11.7 Å². The molecule has 0 bridgehead atoms. The van der Waals surface area contributed by atoms with E-state index in [2.05, 4.69) is 136 Å². The van der Waals surface area contributed by atoms with Gasteiger partial charge in [0, 0.05) is 29.7 Å². The van der Waals surface area contributed by atoms with Gasteiger partial charge in [-0.15, -0.1) is 10.2 Å². The maximum absolute atomic E-state index is 6.30. The molecule has 0 spiro atoms. The standard InChI is InChI=1S/C40H50N3O/c1-8-23-39-27-40(39,9-2)43-25-11-10-14-35(43)33-26-31(19-22-34(33)39)37-42-41-36(44-37)30-17-20-32(21-18-30)38(6,7)24-12-13-29(5)16-15-28(3)4/h9-11,14,17-22,25-26,28-29H,2,8,12-13,15-16,23-24,27H2,1,3-7H3/q+1. The molecule has 6 rings (SSSR count). The average molecular weight is 589 g/mol. The van der Waals surface area contributed by atoms with Crippen molar-refractivity contribution in [1.82, 2.24) is 10.2 Å². The molecule has 1 fully saturated rings. The monoisotopic (exact) mass is 588 g/mol. The molecule has 2 aromatic heterocycles. The Kier molecular flexibility index (Phi) is 8.15. The summed E-state index contributed by atoms with van der Waals surface area (Å²) in [6.45, 7) is 18.4. The van der Waals surface area contributed by atoms with E-state index in [1.54, 1.807) is 0 Å². The van der Waals surface area contributed by atoms with Crippen LogP contribution in [0.4, 0.5) is 0 Å². The van der Waals surface area contributed by atoms with Gasteiger partial charge in [0.1, 0.15) is 0 Å². The zero-order valence-electron chi connectivity index (χ0n) is 27.7. The average Bonchev–Trinajstić information content (AvgIpc) is 3.45. The maximum Gasteiger partial charge on any atom is 0.248 e. The van der Waals surface area contributed by atoms with Gasteiger partial charge in [-0.25, -0.2) is 0 Å². The van der Waals surface area contributed by atoms with Crippen LogP contribution in [0.15, 0.2) is 83.9 Å². The van der Waals surface area contributed by atoms with Crippen LogP contribution >= 0.6 is 0 Å². The molecule has 2 aliphatic rings. The molecule has 0 amide bonds. The van der Waals surface area contributed by atoms with Crippen LogP contribution in [0.1, 0.15) is 104 Å². The highest BCUT2D eigenvalue weighted by atomic mass is 16.4. The van der Waals surface area contributed by atoms with Crippen LogP contribution in [0.5, 0.6) is 0 Å². The number of hydrogen-bond donors (Lipinski definition) is 0. The Balaban J connectivity index is 1.20. The highest BCUT2D eigenvalue weighted by molar-refractivity contribution is 5.74. The van der Waals surface area contributed by atoms with E-state index in [0.29, 0.717) is 11.8 Å². The van der Waals surface area contributed by atoms with E-state index < -0.39 is 0 Å². The van der Waals surface area contributed by atoms with Crippen LogP contribution < -0.4 is 4.57 Å². The fourth-order valence-electron chi connectivity index (χ4n) is 7.93. The van der Waals surface area contributed by atoms with Crippen molar-refractivity contribution >= 4 is 0 Å². The molecule has 0 saturated heterocycles. The number of allylic oxidation sites excluding steroid dienone is 1. The molecule has 230 valence electrons. The second-order valence-corrected chi connectivity index (χ2v) is 14.7. The van der Waals surface area contributed by atoms with Crippen molar-refractivity contribution in [2.24, 2.45) is 11.8 Å². The molecule has 1 aliphatic carbocycles. The van der Waals surface area contributed by atoms with Crippen LogP contribution in [-0.2, 0) is 16.4 Å². The van der Waals surface area contributed by atoms with Crippen molar-refractivity contribution in [1.29, 1.82) is 0 Å². The first-order chi connectivity index (χ1) is 21.1. The fourth-order valence-corrected chi connectivity index (χ4v) is 7.93. The first-order valence-electron chi connectivity index (χ1n) is 16.9. The molecule has 3 unspecified atom stereocenters. The van der Waals surface area contributed by atoms with Gasteiger partial charge in [-0.1, -0.05) is 98.4 Å². The molecule has 44 heavy (non-hydrogen) atoms. The van der Waals surface area contributed by atoms with E-state index in [-0.39, 0.29) is 16.4 Å². The summed E-state index contributed by atoms with van der Waals surface area (Å²) in [6.07, 6.45) is 14.2. The zero-order valence-corrected chi connectivity index (χ0v) is 27.7. The maximum atomic E-state index is 6.30. The van der Waals surface area contributed by atoms with Gasteiger partial charge in [-0.05, 0) is 77.6 Å². The van der Waals surface area contributed by atoms with Crippen molar-refractivity contribution < 1.29 is 8.98 Å². The molecule has 4 heteroatoms. The topological polar surface area (TPSA) is 42.8 Å². The van der Waals surface area contributed by atoms with Gasteiger partial charge < -0.3 is 4.42 Å². The molecule has 0 N–H and O–H groups in total. The zero-order chi connectivity index (χ0) is 31.1. The van der Waals surface area contributed by atoms with Crippen molar-refractivity contribution in [3.8, 4) is 34.2 Å². The summed E-state index contributed by atoms with van der Waals surface area (Å²) in [7, 11) is 0. The number of benzene rings is 2. The number of rotatable bonds is 13. The number of pyridine rings is 1. The second-order valence-electron chi connectivity index (χ2n) is 14.7. The van der Waals surface area contributed by atoms with E-state index in [0.717, 1.165) is 42.2 Å². The van der Waals surface area contributed by atoms with Crippen molar-refractivity contribution in [2.75, 3.05) is 0 Å². The largest absolute Gasteiger partial charge is 0.416 e. The Morgan fingerprint density at radius 2 is 1.68 bits per heavy atom. The Hall–Kier alpha value is -3.53. The number of fused-ring (bicyclic) bond motifs is 6. The van der Waals surface area contributed by atoms with Crippen LogP contribution in [-0.4, -0.2) is 10.2 Å². The van der Waals surface area contributed by atoms with Crippen LogP contribution in [0.25, 0.3) is 34.2 Å². The van der Waals surface area contributed by atoms with E-state index in [4.69, 9.17) is 4.42 Å². The molecular weight excluding hydrogens is 538 g/mol. The van der Waals surface area contributed by atoms with Crippen LogP contribution in [0.3, 0.4) is 0 Å². The molecular formula is C40H50N3O+. The number of nitrogens with zero attached hydrogens (tertiary/aromatic N) is 3. The minimum atomic E-state index is -0.0433. The quantitative estimate of drug-likeness (QED) is 0.115. The molecule has 3 heterocycles. The third-order valence-corrected chi connectivity index (χ3v) is 10.7. The smallest absolute Gasteiger partial charge is 0.248 e. The predicted molar refractivity (Wildman–Crippen MR) is 180 cm³/mol. The molecule has 4 nitrogen and oxygen atoms in total. The molecule has 4 aromatic rings. The van der Waals surface area contributed by atoms with Crippen molar-refractivity contribution in [2.45, 2.75) is 109 Å². The molecule has 3 atom stereocenters. The van der Waals surface area contributed by atoms with Gasteiger partial charge in [-0.2, -0.15) is 4.57 Å². The van der Waals surface area contributed by atoms with Crippen molar-refractivity contribution in [3.05, 3.63) is 90.6 Å². The lowest BCUT2D eigenvalue weighted by Crippen LogP contribution is -2.53. The summed E-state index contributed by atoms with van der Waals surface area (Å²) < 4.78 is 8.74. The third kappa shape index (κ3) is 5.25. The summed E-state index contributed by atoms with van der Waals surface area (Å²) in [5.74, 6) is 2.72. The lowest BCUT2D eigenvalue weighted by molar-refractivity contribution is -0.723. The highest BCUT2D eigenvalue weighted by Crippen LogP contribution is 2.67.